The first kappa shape index (κ1) is 15.6. The van der Waals surface area contributed by atoms with E-state index < -0.39 is 20.6 Å². The third-order valence-corrected chi connectivity index (χ3v) is 9.66. The highest BCUT2D eigenvalue weighted by Crippen LogP contribution is 2.60. The van der Waals surface area contributed by atoms with Gasteiger partial charge in [0.2, 0.25) is 0 Å². The molecule has 0 radical (unpaired) electrons. The first-order chi connectivity index (χ1) is 6.71. The van der Waals surface area contributed by atoms with E-state index in [1.165, 1.54) is 0 Å². The fourth-order valence-corrected chi connectivity index (χ4v) is 9.82. The fraction of sp³-hybridized carbons (Fsp3) is 1.00. The van der Waals surface area contributed by atoms with Crippen molar-refractivity contribution in [1.82, 2.24) is 8.02 Å². The average molecular weight is 255 g/mol. The molecule has 0 saturated carbocycles. The Labute approximate surface area is 100 Å². The summed E-state index contributed by atoms with van der Waals surface area (Å²) in [5, 5.41) is 0. The van der Waals surface area contributed by atoms with Gasteiger partial charge in [-0.2, -0.15) is 10.2 Å². The number of hydrogen-bond acceptors (Lipinski definition) is 2. The second kappa shape index (κ2) is 5.80. The summed E-state index contributed by atoms with van der Waals surface area (Å²) < 4.78 is 5.35. The average Bonchev–Trinajstić information content (AvgIpc) is 2.03. The molecule has 0 unspecified atom stereocenters. The highest BCUT2D eigenvalue weighted by atomic mass is 32.3. The molecule has 0 bridgehead atoms. The highest BCUT2D eigenvalue weighted by Gasteiger charge is 2.30. The van der Waals surface area contributed by atoms with Crippen molar-refractivity contribution in [3.8, 4) is 0 Å². The molecule has 0 aromatic rings. The van der Waals surface area contributed by atoms with Crippen molar-refractivity contribution in [3.63, 3.8) is 0 Å². The van der Waals surface area contributed by atoms with Crippen molar-refractivity contribution in [2.45, 2.75) is 20.8 Å². The normalized spacial score (nSPS) is 16.1. The van der Waals surface area contributed by atoms with Crippen molar-refractivity contribution in [2.24, 2.45) is 0 Å². The second-order valence-corrected chi connectivity index (χ2v) is 12.4. The summed E-state index contributed by atoms with van der Waals surface area (Å²) in [7, 11) is -1.38. The molecule has 0 atom stereocenters. The van der Waals surface area contributed by atoms with Gasteiger partial charge in [-0.1, -0.05) is 20.8 Å². The van der Waals surface area contributed by atoms with Crippen LogP contribution in [0.1, 0.15) is 20.8 Å². The molecule has 0 N–H and O–H groups in total. The summed E-state index contributed by atoms with van der Waals surface area (Å²) in [5.74, 6) is 0. The minimum atomic E-state index is -0.767. The molecule has 0 spiro atoms. The van der Waals surface area contributed by atoms with Crippen LogP contribution in [0.5, 0.6) is 0 Å². The zero-order valence-corrected chi connectivity index (χ0v) is 13.5. The van der Waals surface area contributed by atoms with E-state index in [1.54, 1.807) is 0 Å². The Hall–Kier alpha value is 0.620. The predicted octanol–water partition coefficient (Wildman–Crippen LogP) is 3.15. The summed E-state index contributed by atoms with van der Waals surface area (Å²) in [6.45, 7) is 10.3. The maximum absolute atomic E-state index is 2.73. The fourth-order valence-electron chi connectivity index (χ4n) is 2.23. The van der Waals surface area contributed by atoms with E-state index in [4.69, 9.17) is 0 Å². The number of nitrogens with zero attached hydrogens (tertiary/aromatic N) is 2. The maximum atomic E-state index is 2.73. The van der Waals surface area contributed by atoms with Gasteiger partial charge in [0.05, 0.1) is 0 Å². The molecule has 0 heterocycles. The zero-order valence-electron chi connectivity index (χ0n) is 11.8. The Bertz CT molecular complexity index is 184. The first-order valence-corrected chi connectivity index (χ1v) is 10.8. The Morgan fingerprint density at radius 3 is 1.33 bits per heavy atom. The number of hydrogen-bond donors (Lipinski definition) is 0. The van der Waals surface area contributed by atoms with Crippen LogP contribution in [0.3, 0.4) is 0 Å². The third kappa shape index (κ3) is 3.84. The van der Waals surface area contributed by atoms with Gasteiger partial charge in [0, 0.05) is 19.6 Å². The van der Waals surface area contributed by atoms with E-state index in [9.17, 15) is 0 Å². The Morgan fingerprint density at radius 2 is 1.13 bits per heavy atom. The molecule has 96 valence electrons. The predicted molar refractivity (Wildman–Crippen MR) is 80.1 cm³/mol. The van der Waals surface area contributed by atoms with Gasteiger partial charge in [0.15, 0.2) is 0 Å². The molecule has 0 fully saturated rings. The highest BCUT2D eigenvalue weighted by molar-refractivity contribution is 8.43. The molecule has 0 aliphatic heterocycles. The van der Waals surface area contributed by atoms with E-state index >= 15 is 0 Å². The van der Waals surface area contributed by atoms with Gasteiger partial charge in [-0.3, -0.25) is 4.31 Å². The van der Waals surface area contributed by atoms with Gasteiger partial charge in [-0.25, -0.2) is 3.71 Å². The van der Waals surface area contributed by atoms with Crippen molar-refractivity contribution in [2.75, 3.05) is 50.9 Å². The molecule has 4 heteroatoms. The van der Waals surface area contributed by atoms with Crippen LogP contribution < -0.4 is 0 Å². The van der Waals surface area contributed by atoms with Crippen LogP contribution in [-0.4, -0.2) is 58.9 Å². The van der Waals surface area contributed by atoms with E-state index in [0.29, 0.717) is 0 Å². The van der Waals surface area contributed by atoms with Gasteiger partial charge in [-0.15, -0.1) is 10.4 Å². The number of rotatable bonds is 6. The Kier molecular flexibility index (Phi) is 6.04. The van der Waals surface area contributed by atoms with Crippen LogP contribution in [-0.2, 0) is 0 Å². The molecule has 2 nitrogen and oxygen atoms in total. The van der Waals surface area contributed by atoms with E-state index in [1.807, 2.05) is 0 Å². The lowest BCUT2D eigenvalue weighted by atomic mass is 10.7. The maximum Gasteiger partial charge on any atom is 0.0152 e. The Morgan fingerprint density at radius 1 is 0.733 bits per heavy atom. The monoisotopic (exact) mass is 254 g/mol. The molecule has 15 heavy (non-hydrogen) atoms. The van der Waals surface area contributed by atoms with Gasteiger partial charge >= 0.3 is 0 Å². The molecule has 0 aromatic heterocycles. The Balaban J connectivity index is 4.95. The zero-order chi connectivity index (χ0) is 12.3. The lowest BCUT2D eigenvalue weighted by Gasteiger charge is -2.57. The summed E-state index contributed by atoms with van der Waals surface area (Å²) in [6, 6.07) is 0. The molecule has 0 aliphatic carbocycles. The van der Waals surface area contributed by atoms with Crippen LogP contribution in [0.4, 0.5) is 0 Å². The molecular weight excluding hydrogens is 224 g/mol. The molecule has 0 aliphatic rings. The minimum absolute atomic E-state index is 0.609. The van der Waals surface area contributed by atoms with E-state index in [2.05, 4.69) is 60.1 Å². The van der Waals surface area contributed by atoms with Crippen molar-refractivity contribution >= 4 is 20.6 Å². The standard InChI is InChI=1S/C11H30N2S2/c1-9-12(10-2)15(7,8)13(11-3)14(4,5)6/h9-11H2,1-8H3. The van der Waals surface area contributed by atoms with Gasteiger partial charge in [0.1, 0.15) is 0 Å². The van der Waals surface area contributed by atoms with Crippen LogP contribution in [0.25, 0.3) is 0 Å². The van der Waals surface area contributed by atoms with E-state index in [-0.39, 0.29) is 0 Å². The van der Waals surface area contributed by atoms with Gasteiger partial charge in [0.25, 0.3) is 0 Å². The smallest absolute Gasteiger partial charge is 0.0152 e. The van der Waals surface area contributed by atoms with Crippen molar-refractivity contribution in [1.29, 1.82) is 0 Å². The summed E-state index contributed by atoms with van der Waals surface area (Å²) in [5.41, 5.74) is 0. The van der Waals surface area contributed by atoms with Crippen LogP contribution in [0, 0.1) is 0 Å². The van der Waals surface area contributed by atoms with E-state index in [0.717, 1.165) is 19.6 Å². The summed E-state index contributed by atoms with van der Waals surface area (Å²) >= 11 is 0. The lowest BCUT2D eigenvalue weighted by molar-refractivity contribution is 0.490. The van der Waals surface area contributed by atoms with Crippen LogP contribution >= 0.6 is 20.6 Å². The lowest BCUT2D eigenvalue weighted by Crippen LogP contribution is -2.39. The molecule has 0 aromatic carbocycles. The second-order valence-electron chi connectivity index (χ2n) is 4.76. The topological polar surface area (TPSA) is 6.48 Å². The van der Waals surface area contributed by atoms with Crippen LogP contribution in [0.2, 0.25) is 0 Å². The summed E-state index contributed by atoms with van der Waals surface area (Å²) in [4.78, 5) is 0. The SMILES string of the molecule is CCN(CC)S(C)(C)N(CC)S(C)(C)C. The molecule has 0 amide bonds. The molecular formula is C11H30N2S2. The first-order valence-electron chi connectivity index (χ1n) is 5.66. The van der Waals surface area contributed by atoms with Gasteiger partial charge in [-0.05, 0) is 31.3 Å². The largest absolute Gasteiger partial charge is 0.256 e. The minimum Gasteiger partial charge on any atom is -0.256 e. The quantitative estimate of drug-likeness (QED) is 0.718. The van der Waals surface area contributed by atoms with Gasteiger partial charge < -0.3 is 0 Å². The van der Waals surface area contributed by atoms with Crippen LogP contribution in [0.15, 0.2) is 0 Å². The summed E-state index contributed by atoms with van der Waals surface area (Å²) in [6.07, 6.45) is 12.1. The molecule has 0 rings (SSSR count). The van der Waals surface area contributed by atoms with Crippen molar-refractivity contribution < 1.29 is 0 Å². The molecule has 0 saturated heterocycles. The third-order valence-electron chi connectivity index (χ3n) is 2.70. The van der Waals surface area contributed by atoms with Crippen molar-refractivity contribution in [3.05, 3.63) is 0 Å².